The molecule has 2 N–H and O–H groups in total. The molecule has 1 heterocycles. The van der Waals surface area contributed by atoms with Gasteiger partial charge in [-0.25, -0.2) is 0 Å². The van der Waals surface area contributed by atoms with Crippen LogP contribution in [0.2, 0.25) is 0 Å². The zero-order chi connectivity index (χ0) is 13.3. The van der Waals surface area contributed by atoms with Crippen LogP contribution >= 0.6 is 28.3 Å². The number of carbonyl (C=O) groups excluding carboxylic acids is 1. The molecule has 1 aromatic carbocycles. The maximum atomic E-state index is 12.4. The first kappa shape index (κ1) is 16.5. The number of halogens is 2. The van der Waals surface area contributed by atoms with E-state index in [4.69, 9.17) is 5.73 Å². The lowest BCUT2D eigenvalue weighted by atomic mass is 10.0. The largest absolute Gasteiger partial charge is 0.338 e. The molecule has 1 amide bonds. The van der Waals surface area contributed by atoms with Crippen LogP contribution < -0.4 is 5.73 Å². The van der Waals surface area contributed by atoms with Gasteiger partial charge < -0.3 is 10.6 Å². The van der Waals surface area contributed by atoms with Crippen molar-refractivity contribution in [2.45, 2.75) is 26.3 Å². The van der Waals surface area contributed by atoms with Gasteiger partial charge in [-0.1, -0.05) is 6.07 Å². The lowest BCUT2D eigenvalue weighted by Gasteiger charge is -2.19. The van der Waals surface area contributed by atoms with Gasteiger partial charge in [-0.2, -0.15) is 0 Å². The van der Waals surface area contributed by atoms with Crippen LogP contribution in [0, 0.1) is 12.8 Å². The van der Waals surface area contributed by atoms with Crippen molar-refractivity contribution in [3.63, 3.8) is 0 Å². The Morgan fingerprint density at radius 1 is 1.53 bits per heavy atom. The zero-order valence-electron chi connectivity index (χ0n) is 11.2. The van der Waals surface area contributed by atoms with Crippen LogP contribution in [0.4, 0.5) is 0 Å². The summed E-state index contributed by atoms with van der Waals surface area (Å²) in [5, 5.41) is 0. The lowest BCUT2D eigenvalue weighted by molar-refractivity contribution is 0.0785. The molecule has 5 heteroatoms. The molecule has 0 radical (unpaired) electrons. The minimum absolute atomic E-state index is 0. The van der Waals surface area contributed by atoms with Crippen LogP contribution in [0.3, 0.4) is 0 Å². The molecule has 0 aromatic heterocycles. The molecule has 0 aliphatic carbocycles. The van der Waals surface area contributed by atoms with E-state index in [-0.39, 0.29) is 24.4 Å². The fraction of sp³-hybridized carbons (Fsp3) is 0.500. The van der Waals surface area contributed by atoms with Gasteiger partial charge in [0.25, 0.3) is 5.91 Å². The summed E-state index contributed by atoms with van der Waals surface area (Å²) >= 11 is 3.47. The van der Waals surface area contributed by atoms with Gasteiger partial charge in [0.15, 0.2) is 0 Å². The van der Waals surface area contributed by atoms with Crippen molar-refractivity contribution in [1.29, 1.82) is 0 Å². The highest BCUT2D eigenvalue weighted by Gasteiger charge is 2.29. The van der Waals surface area contributed by atoms with Crippen molar-refractivity contribution >= 4 is 34.2 Å². The monoisotopic (exact) mass is 346 g/mol. The zero-order valence-corrected chi connectivity index (χ0v) is 13.6. The number of carbonyl (C=O) groups is 1. The normalized spacial score (nSPS) is 20.0. The molecule has 2 unspecified atom stereocenters. The molecule has 1 aliphatic rings. The Balaban J connectivity index is 0.00000180. The Morgan fingerprint density at radius 2 is 2.21 bits per heavy atom. The van der Waals surface area contributed by atoms with Gasteiger partial charge in [-0.3, -0.25) is 4.79 Å². The Kier molecular flexibility index (Phi) is 5.83. The smallest absolute Gasteiger partial charge is 0.255 e. The van der Waals surface area contributed by atoms with Crippen LogP contribution in [0.25, 0.3) is 0 Å². The first-order chi connectivity index (χ1) is 8.49. The van der Waals surface area contributed by atoms with E-state index in [1.165, 1.54) is 0 Å². The van der Waals surface area contributed by atoms with Crippen LogP contribution in [0.1, 0.15) is 29.3 Å². The molecular weight excluding hydrogens is 328 g/mol. The van der Waals surface area contributed by atoms with Crippen molar-refractivity contribution in [3.8, 4) is 0 Å². The maximum Gasteiger partial charge on any atom is 0.255 e. The molecule has 0 saturated carbocycles. The van der Waals surface area contributed by atoms with Gasteiger partial charge >= 0.3 is 0 Å². The third-order valence-corrected chi connectivity index (χ3v) is 4.27. The van der Waals surface area contributed by atoms with E-state index in [1.807, 2.05) is 36.9 Å². The number of rotatable bonds is 2. The van der Waals surface area contributed by atoms with Crippen molar-refractivity contribution in [2.75, 3.05) is 13.1 Å². The van der Waals surface area contributed by atoms with Crippen LogP contribution in [0.15, 0.2) is 22.7 Å². The van der Waals surface area contributed by atoms with Crippen molar-refractivity contribution in [3.05, 3.63) is 33.8 Å². The van der Waals surface area contributed by atoms with Gasteiger partial charge in [-0.15, -0.1) is 12.4 Å². The second kappa shape index (κ2) is 6.73. The highest BCUT2D eigenvalue weighted by Crippen LogP contribution is 2.24. The van der Waals surface area contributed by atoms with E-state index in [1.54, 1.807) is 0 Å². The molecule has 1 fully saturated rings. The Labute approximate surface area is 129 Å². The Bertz CT molecular complexity index is 465. The van der Waals surface area contributed by atoms with E-state index in [0.717, 1.165) is 35.1 Å². The second-order valence-electron chi connectivity index (χ2n) is 5.14. The topological polar surface area (TPSA) is 46.3 Å². The van der Waals surface area contributed by atoms with Crippen molar-refractivity contribution in [1.82, 2.24) is 4.90 Å². The predicted octanol–water partition coefficient (Wildman–Crippen LogP) is 2.99. The van der Waals surface area contributed by atoms with E-state index in [2.05, 4.69) is 15.9 Å². The Morgan fingerprint density at radius 3 is 2.74 bits per heavy atom. The van der Waals surface area contributed by atoms with Crippen LogP contribution in [0.5, 0.6) is 0 Å². The average Bonchev–Trinajstić information content (AvgIpc) is 2.77. The number of likely N-dealkylation sites (tertiary alicyclic amines) is 1. The summed E-state index contributed by atoms with van der Waals surface area (Å²) in [6.07, 6.45) is 1.01. The summed E-state index contributed by atoms with van der Waals surface area (Å²) in [6.45, 7) is 5.61. The van der Waals surface area contributed by atoms with Crippen LogP contribution in [-0.2, 0) is 0 Å². The van der Waals surface area contributed by atoms with Crippen molar-refractivity contribution < 1.29 is 4.79 Å². The molecule has 0 bridgehead atoms. The van der Waals surface area contributed by atoms with Gasteiger partial charge in [0.2, 0.25) is 0 Å². The highest BCUT2D eigenvalue weighted by molar-refractivity contribution is 9.10. The molecule has 2 rings (SSSR count). The van der Waals surface area contributed by atoms with Gasteiger partial charge in [0, 0.05) is 23.6 Å². The maximum absolute atomic E-state index is 12.4. The number of aryl methyl sites for hydroxylation is 1. The number of benzene rings is 1. The number of amides is 1. The summed E-state index contributed by atoms with van der Waals surface area (Å²) in [6, 6.07) is 5.99. The van der Waals surface area contributed by atoms with Gasteiger partial charge in [0.1, 0.15) is 0 Å². The summed E-state index contributed by atoms with van der Waals surface area (Å²) in [5.41, 5.74) is 7.79. The van der Waals surface area contributed by atoms with Crippen molar-refractivity contribution in [2.24, 2.45) is 11.7 Å². The SMILES string of the molecule is Cc1ccc(C(=O)N2CCC(C(C)N)C2)c(Br)c1.Cl. The molecule has 1 aromatic rings. The lowest BCUT2D eigenvalue weighted by Crippen LogP contribution is -2.33. The molecule has 2 atom stereocenters. The molecule has 0 spiro atoms. The number of nitrogens with two attached hydrogens (primary N) is 1. The van der Waals surface area contributed by atoms with Crippen LogP contribution in [-0.4, -0.2) is 29.9 Å². The van der Waals surface area contributed by atoms with E-state index < -0.39 is 0 Å². The standard InChI is InChI=1S/C14H19BrN2O.ClH/c1-9-3-4-12(13(15)7-9)14(18)17-6-5-11(8-17)10(2)16;/h3-4,7,10-11H,5-6,8,16H2,1-2H3;1H. The quantitative estimate of drug-likeness (QED) is 0.894. The number of nitrogens with zero attached hydrogens (tertiary/aromatic N) is 1. The molecule has 1 saturated heterocycles. The summed E-state index contributed by atoms with van der Waals surface area (Å²) in [4.78, 5) is 14.3. The summed E-state index contributed by atoms with van der Waals surface area (Å²) in [5.74, 6) is 0.531. The molecule has 3 nitrogen and oxygen atoms in total. The minimum Gasteiger partial charge on any atom is -0.338 e. The Hall–Kier alpha value is -0.580. The molecule has 106 valence electrons. The van der Waals surface area contributed by atoms with E-state index in [0.29, 0.717) is 5.92 Å². The van der Waals surface area contributed by atoms with Gasteiger partial charge in [-0.05, 0) is 59.8 Å². The average molecular weight is 348 g/mol. The first-order valence-electron chi connectivity index (χ1n) is 6.30. The fourth-order valence-corrected chi connectivity index (χ4v) is 3.03. The predicted molar refractivity (Wildman–Crippen MR) is 83.8 cm³/mol. The third kappa shape index (κ3) is 3.71. The van der Waals surface area contributed by atoms with Gasteiger partial charge in [0.05, 0.1) is 5.56 Å². The summed E-state index contributed by atoms with van der Waals surface area (Å²) < 4.78 is 0.872. The second-order valence-corrected chi connectivity index (χ2v) is 6.00. The molecular formula is C14H20BrClN2O. The van der Waals surface area contributed by atoms with E-state index >= 15 is 0 Å². The number of hydrogen-bond donors (Lipinski definition) is 1. The fourth-order valence-electron chi connectivity index (χ4n) is 2.36. The molecule has 19 heavy (non-hydrogen) atoms. The molecule has 1 aliphatic heterocycles. The van der Waals surface area contributed by atoms with E-state index in [9.17, 15) is 4.79 Å². The highest BCUT2D eigenvalue weighted by atomic mass is 79.9. The third-order valence-electron chi connectivity index (χ3n) is 3.61. The summed E-state index contributed by atoms with van der Waals surface area (Å²) in [7, 11) is 0. The first-order valence-corrected chi connectivity index (χ1v) is 7.09. The number of hydrogen-bond acceptors (Lipinski definition) is 2. The minimum atomic E-state index is 0.